The molecule has 0 atom stereocenters. The molecule has 0 saturated carbocycles. The number of carbonyl (C=O) groups is 1. The Morgan fingerprint density at radius 2 is 2.00 bits per heavy atom. The number of ether oxygens (including phenoxy) is 3. The quantitative estimate of drug-likeness (QED) is 0.656. The second-order valence-corrected chi connectivity index (χ2v) is 6.55. The van der Waals surface area contributed by atoms with E-state index in [0.717, 1.165) is 5.56 Å². The number of nitrogens with zero attached hydrogens (tertiary/aromatic N) is 3. The summed E-state index contributed by atoms with van der Waals surface area (Å²) < 4.78 is 18.3. The number of esters is 1. The smallest absolute Gasteiger partial charge is 0.339 e. The second kappa shape index (κ2) is 6.90. The van der Waals surface area contributed by atoms with Crippen molar-refractivity contribution in [2.24, 2.45) is 0 Å². The Bertz CT molecular complexity index is 1010. The van der Waals surface area contributed by atoms with E-state index in [-0.39, 0.29) is 12.0 Å². The third-order valence-corrected chi connectivity index (χ3v) is 4.39. The first-order valence-electron chi connectivity index (χ1n) is 9.04. The van der Waals surface area contributed by atoms with Crippen LogP contribution in [0.2, 0.25) is 0 Å². The molecule has 0 N–H and O–H groups in total. The number of hydrogen-bond donors (Lipinski definition) is 0. The molecule has 0 radical (unpaired) electrons. The summed E-state index contributed by atoms with van der Waals surface area (Å²) in [5.74, 6) is 1.01. The Labute approximate surface area is 156 Å². The number of hydrogen-bond acceptors (Lipinski definition) is 6. The average Bonchev–Trinajstić information content (AvgIpc) is 3.11. The van der Waals surface area contributed by atoms with Crippen LogP contribution in [-0.4, -0.2) is 40.6 Å². The molecule has 140 valence electrons. The molecule has 0 fully saturated rings. The van der Waals surface area contributed by atoms with Crippen LogP contribution in [0.25, 0.3) is 22.3 Å². The van der Waals surface area contributed by atoms with E-state index in [9.17, 15) is 4.79 Å². The van der Waals surface area contributed by atoms with Crippen molar-refractivity contribution in [3.05, 3.63) is 36.0 Å². The fraction of sp³-hybridized carbons (Fsp3) is 0.350. The fourth-order valence-corrected chi connectivity index (χ4v) is 3.12. The van der Waals surface area contributed by atoms with E-state index < -0.39 is 0 Å². The minimum absolute atomic E-state index is 0.112. The number of rotatable bonds is 4. The first-order chi connectivity index (χ1) is 13.1. The highest BCUT2D eigenvalue weighted by atomic mass is 16.6. The molecule has 27 heavy (non-hydrogen) atoms. The molecule has 7 nitrogen and oxygen atoms in total. The first kappa shape index (κ1) is 17.3. The Balaban J connectivity index is 1.89. The van der Waals surface area contributed by atoms with Gasteiger partial charge in [-0.05, 0) is 45.0 Å². The second-order valence-electron chi connectivity index (χ2n) is 6.55. The zero-order valence-corrected chi connectivity index (χ0v) is 15.6. The van der Waals surface area contributed by atoms with Gasteiger partial charge in [-0.25, -0.2) is 14.5 Å². The van der Waals surface area contributed by atoms with Gasteiger partial charge in [0.15, 0.2) is 17.1 Å². The summed E-state index contributed by atoms with van der Waals surface area (Å²) >= 11 is 0. The summed E-state index contributed by atoms with van der Waals surface area (Å²) in [6.07, 6.45) is 1.67. The van der Waals surface area contributed by atoms with Crippen LogP contribution < -0.4 is 9.47 Å². The molecule has 0 unspecified atom stereocenters. The third kappa shape index (κ3) is 3.09. The van der Waals surface area contributed by atoms with Crippen LogP contribution in [0.4, 0.5) is 0 Å². The highest BCUT2D eigenvalue weighted by molar-refractivity contribution is 6.03. The van der Waals surface area contributed by atoms with Gasteiger partial charge in [-0.1, -0.05) is 0 Å². The number of carbonyl (C=O) groups excluding carboxylic acids is 1. The lowest BCUT2D eigenvalue weighted by Gasteiger charge is -2.19. The fourth-order valence-electron chi connectivity index (χ4n) is 3.12. The molecule has 1 aromatic carbocycles. The Morgan fingerprint density at radius 1 is 1.22 bits per heavy atom. The Morgan fingerprint density at radius 3 is 2.74 bits per heavy atom. The van der Waals surface area contributed by atoms with Crippen molar-refractivity contribution in [1.82, 2.24) is 14.8 Å². The maximum Gasteiger partial charge on any atom is 0.339 e. The third-order valence-electron chi connectivity index (χ3n) is 4.39. The normalized spacial score (nSPS) is 13.2. The summed E-state index contributed by atoms with van der Waals surface area (Å²) in [5, 5.41) is 5.09. The molecule has 0 aliphatic carbocycles. The Kier molecular flexibility index (Phi) is 4.43. The van der Waals surface area contributed by atoms with Crippen LogP contribution >= 0.6 is 0 Å². The maximum atomic E-state index is 12.5. The molecule has 0 spiro atoms. The highest BCUT2D eigenvalue weighted by Crippen LogP contribution is 2.35. The largest absolute Gasteiger partial charge is 0.486 e. The number of benzene rings is 1. The molecular weight excluding hydrogens is 346 g/mol. The molecule has 3 aromatic rings. The molecule has 3 heterocycles. The number of fused-ring (bicyclic) bond motifs is 2. The predicted octanol–water partition coefficient (Wildman–Crippen LogP) is 3.63. The maximum absolute atomic E-state index is 12.5. The minimum Gasteiger partial charge on any atom is -0.486 e. The lowest BCUT2D eigenvalue weighted by atomic mass is 10.1. The molecule has 1 aliphatic rings. The molecule has 7 heteroatoms. The van der Waals surface area contributed by atoms with E-state index in [4.69, 9.17) is 19.2 Å². The molecule has 2 aromatic heterocycles. The molecule has 1 aliphatic heterocycles. The van der Waals surface area contributed by atoms with Crippen LogP contribution in [0.15, 0.2) is 30.5 Å². The van der Waals surface area contributed by atoms with Gasteiger partial charge in [0, 0.05) is 11.6 Å². The summed E-state index contributed by atoms with van der Waals surface area (Å²) in [4.78, 5) is 17.3. The molecule has 0 saturated heterocycles. The average molecular weight is 367 g/mol. The monoisotopic (exact) mass is 367 g/mol. The van der Waals surface area contributed by atoms with Crippen molar-refractivity contribution in [3.8, 4) is 22.8 Å². The van der Waals surface area contributed by atoms with Crippen LogP contribution in [0.3, 0.4) is 0 Å². The lowest BCUT2D eigenvalue weighted by molar-refractivity contribution is 0.0528. The van der Waals surface area contributed by atoms with E-state index in [1.54, 1.807) is 23.9 Å². The van der Waals surface area contributed by atoms with Crippen molar-refractivity contribution in [3.63, 3.8) is 0 Å². The molecule has 4 rings (SSSR count). The summed E-state index contributed by atoms with van der Waals surface area (Å²) in [5.41, 5.74) is 2.60. The van der Waals surface area contributed by atoms with Gasteiger partial charge in [0.2, 0.25) is 0 Å². The van der Waals surface area contributed by atoms with E-state index in [1.165, 1.54) is 0 Å². The van der Waals surface area contributed by atoms with Gasteiger partial charge in [-0.2, -0.15) is 5.10 Å². The van der Waals surface area contributed by atoms with Crippen LogP contribution in [-0.2, 0) is 4.74 Å². The van der Waals surface area contributed by atoms with Gasteiger partial charge < -0.3 is 14.2 Å². The summed E-state index contributed by atoms with van der Waals surface area (Å²) in [7, 11) is 0. The van der Waals surface area contributed by atoms with Gasteiger partial charge >= 0.3 is 5.97 Å². The molecule has 0 amide bonds. The zero-order chi connectivity index (χ0) is 19.0. The number of aromatic nitrogens is 3. The van der Waals surface area contributed by atoms with Crippen molar-refractivity contribution in [1.29, 1.82) is 0 Å². The van der Waals surface area contributed by atoms with Crippen molar-refractivity contribution in [2.75, 3.05) is 19.8 Å². The topological polar surface area (TPSA) is 75.5 Å². The summed E-state index contributed by atoms with van der Waals surface area (Å²) in [6, 6.07) is 7.51. The summed E-state index contributed by atoms with van der Waals surface area (Å²) in [6.45, 7) is 7.19. The minimum atomic E-state index is -0.382. The van der Waals surface area contributed by atoms with Gasteiger partial charge in [0.25, 0.3) is 0 Å². The van der Waals surface area contributed by atoms with E-state index in [2.05, 4.69) is 5.10 Å². The van der Waals surface area contributed by atoms with E-state index in [0.29, 0.717) is 53.6 Å². The van der Waals surface area contributed by atoms with E-state index in [1.807, 2.05) is 32.0 Å². The number of pyridine rings is 1. The molecular formula is C20H21N3O4. The van der Waals surface area contributed by atoms with Gasteiger partial charge in [-0.3, -0.25) is 0 Å². The standard InChI is InChI=1S/C20H21N3O4/c1-4-25-20(24)14-10-16(22-19-15(14)11-21-23(19)12(2)3)13-5-6-17-18(9-13)27-8-7-26-17/h5-6,9-12H,4,7-8H2,1-3H3. The SMILES string of the molecule is CCOC(=O)c1cc(-c2ccc3c(c2)OCCO3)nc2c1cnn2C(C)C. The van der Waals surface area contributed by atoms with Gasteiger partial charge in [-0.15, -0.1) is 0 Å². The van der Waals surface area contributed by atoms with Crippen molar-refractivity contribution < 1.29 is 19.0 Å². The van der Waals surface area contributed by atoms with E-state index >= 15 is 0 Å². The molecule has 0 bridgehead atoms. The Hall–Kier alpha value is -3.09. The lowest BCUT2D eigenvalue weighted by Crippen LogP contribution is -2.15. The highest BCUT2D eigenvalue weighted by Gasteiger charge is 2.20. The zero-order valence-electron chi connectivity index (χ0n) is 15.6. The predicted molar refractivity (Wildman–Crippen MR) is 100 cm³/mol. The van der Waals surface area contributed by atoms with Gasteiger partial charge in [0.1, 0.15) is 13.2 Å². The van der Waals surface area contributed by atoms with Crippen molar-refractivity contribution >= 4 is 17.0 Å². The first-order valence-corrected chi connectivity index (χ1v) is 9.04. The van der Waals surface area contributed by atoms with Crippen LogP contribution in [0.1, 0.15) is 37.2 Å². The van der Waals surface area contributed by atoms with Crippen LogP contribution in [0, 0.1) is 0 Å². The van der Waals surface area contributed by atoms with Crippen LogP contribution in [0.5, 0.6) is 11.5 Å². The van der Waals surface area contributed by atoms with Gasteiger partial charge in [0.05, 0.1) is 29.4 Å². The van der Waals surface area contributed by atoms with Crippen molar-refractivity contribution in [2.45, 2.75) is 26.8 Å².